The molecule has 0 saturated carbocycles. The highest BCUT2D eigenvalue weighted by molar-refractivity contribution is 9.10. The zero-order chi connectivity index (χ0) is 17.1. The molecule has 25 heavy (non-hydrogen) atoms. The molecule has 4 aromatic rings. The Labute approximate surface area is 155 Å². The fourth-order valence-electron chi connectivity index (χ4n) is 2.83. The van der Waals surface area contributed by atoms with Gasteiger partial charge in [-0.2, -0.15) is 0 Å². The number of nitrogens with zero attached hydrogens (tertiary/aromatic N) is 2. The summed E-state index contributed by atoms with van der Waals surface area (Å²) in [7, 11) is 0. The fourth-order valence-corrected chi connectivity index (χ4v) is 3.23. The van der Waals surface area contributed by atoms with Gasteiger partial charge in [0.05, 0.1) is 5.69 Å². The smallest absolute Gasteiger partial charge is 0.101 e. The predicted molar refractivity (Wildman–Crippen MR) is 106 cm³/mol. The summed E-state index contributed by atoms with van der Waals surface area (Å²) in [5, 5.41) is 9.05. The minimum Gasteiger partial charge on any atom is -0.150 e. The molecule has 2 nitrogen and oxygen atoms in total. The van der Waals surface area contributed by atoms with Crippen LogP contribution >= 0.6 is 15.9 Å². The normalized spacial score (nSPS) is 10.6. The maximum absolute atomic E-state index is 4.57. The molecule has 0 aliphatic rings. The molecule has 0 aliphatic carbocycles. The van der Waals surface area contributed by atoms with Gasteiger partial charge in [0.2, 0.25) is 0 Å². The maximum Gasteiger partial charge on any atom is 0.101 e. The van der Waals surface area contributed by atoms with Crippen molar-refractivity contribution in [3.8, 4) is 33.6 Å². The Morgan fingerprint density at radius 1 is 0.560 bits per heavy atom. The van der Waals surface area contributed by atoms with Crippen LogP contribution in [0.5, 0.6) is 0 Å². The summed E-state index contributed by atoms with van der Waals surface area (Å²) in [6, 6.07) is 30.7. The highest BCUT2D eigenvalue weighted by atomic mass is 79.9. The van der Waals surface area contributed by atoms with Crippen LogP contribution in [-0.2, 0) is 0 Å². The molecule has 0 saturated heterocycles. The Kier molecular flexibility index (Phi) is 4.40. The lowest BCUT2D eigenvalue weighted by molar-refractivity contribution is 1.05. The summed E-state index contributed by atoms with van der Waals surface area (Å²) in [6.45, 7) is 0. The highest BCUT2D eigenvalue weighted by Gasteiger charge is 2.12. The van der Waals surface area contributed by atoms with Gasteiger partial charge in [-0.1, -0.05) is 88.7 Å². The van der Waals surface area contributed by atoms with Crippen LogP contribution in [0.25, 0.3) is 33.6 Å². The molecule has 0 atom stereocenters. The van der Waals surface area contributed by atoms with Crippen molar-refractivity contribution < 1.29 is 0 Å². The average molecular weight is 387 g/mol. The first-order valence-electron chi connectivity index (χ1n) is 8.06. The Bertz CT molecular complexity index is 999. The van der Waals surface area contributed by atoms with E-state index in [2.05, 4.69) is 62.5 Å². The average Bonchev–Trinajstić information content (AvgIpc) is 2.69. The van der Waals surface area contributed by atoms with E-state index in [1.54, 1.807) is 0 Å². The standard InChI is InChI=1S/C22H15BrN2/c23-19-13-7-12-18(14-19)21-15-20(16-8-3-1-4-9-16)22(25-24-21)17-10-5-2-6-11-17/h1-15H. The van der Waals surface area contributed by atoms with E-state index < -0.39 is 0 Å². The molecule has 0 radical (unpaired) electrons. The lowest BCUT2D eigenvalue weighted by atomic mass is 9.98. The SMILES string of the molecule is Brc1cccc(-c2cc(-c3ccccc3)c(-c3ccccc3)nn2)c1. The molecule has 3 heteroatoms. The summed E-state index contributed by atoms with van der Waals surface area (Å²) in [5.41, 5.74) is 6.07. The first kappa shape index (κ1) is 15.7. The molecule has 0 amide bonds. The molecule has 0 bridgehead atoms. The van der Waals surface area contributed by atoms with Gasteiger partial charge < -0.3 is 0 Å². The van der Waals surface area contributed by atoms with E-state index in [4.69, 9.17) is 0 Å². The van der Waals surface area contributed by atoms with Gasteiger partial charge in [0.1, 0.15) is 5.69 Å². The lowest BCUT2D eigenvalue weighted by Crippen LogP contribution is -1.95. The lowest BCUT2D eigenvalue weighted by Gasteiger charge is -2.11. The molecule has 0 N–H and O–H groups in total. The topological polar surface area (TPSA) is 25.8 Å². The summed E-state index contributed by atoms with van der Waals surface area (Å²) in [5.74, 6) is 0. The predicted octanol–water partition coefficient (Wildman–Crippen LogP) is 6.24. The van der Waals surface area contributed by atoms with Gasteiger partial charge in [0.25, 0.3) is 0 Å². The van der Waals surface area contributed by atoms with E-state index in [1.807, 2.05) is 54.6 Å². The number of rotatable bonds is 3. The van der Waals surface area contributed by atoms with Gasteiger partial charge >= 0.3 is 0 Å². The molecule has 1 heterocycles. The van der Waals surface area contributed by atoms with E-state index in [0.717, 1.165) is 38.1 Å². The first-order chi connectivity index (χ1) is 12.3. The van der Waals surface area contributed by atoms with Gasteiger partial charge in [-0.3, -0.25) is 0 Å². The van der Waals surface area contributed by atoms with Gasteiger partial charge in [0, 0.05) is 21.2 Å². The minimum atomic E-state index is 0.861. The number of halogens is 1. The Hall–Kier alpha value is -2.78. The molecular weight excluding hydrogens is 372 g/mol. The van der Waals surface area contributed by atoms with Crippen LogP contribution in [0.3, 0.4) is 0 Å². The summed E-state index contributed by atoms with van der Waals surface area (Å²) in [6.07, 6.45) is 0. The molecule has 1 aromatic heterocycles. The van der Waals surface area contributed by atoms with Crippen molar-refractivity contribution in [2.24, 2.45) is 0 Å². The van der Waals surface area contributed by atoms with Crippen molar-refractivity contribution >= 4 is 15.9 Å². The van der Waals surface area contributed by atoms with Crippen molar-refractivity contribution in [3.63, 3.8) is 0 Å². The van der Waals surface area contributed by atoms with E-state index in [1.165, 1.54) is 0 Å². The van der Waals surface area contributed by atoms with Crippen LogP contribution < -0.4 is 0 Å². The molecular formula is C22H15BrN2. The van der Waals surface area contributed by atoms with Crippen molar-refractivity contribution in [1.29, 1.82) is 0 Å². The summed E-state index contributed by atoms with van der Waals surface area (Å²) < 4.78 is 1.03. The zero-order valence-corrected chi connectivity index (χ0v) is 15.0. The van der Waals surface area contributed by atoms with Gasteiger partial charge in [0.15, 0.2) is 0 Å². The van der Waals surface area contributed by atoms with E-state index in [-0.39, 0.29) is 0 Å². The van der Waals surface area contributed by atoms with E-state index in [0.29, 0.717) is 0 Å². The van der Waals surface area contributed by atoms with Crippen LogP contribution in [0.1, 0.15) is 0 Å². The third-order valence-corrected chi connectivity index (χ3v) is 4.54. The van der Waals surface area contributed by atoms with Crippen LogP contribution in [0, 0.1) is 0 Å². The number of benzene rings is 3. The Morgan fingerprint density at radius 3 is 1.88 bits per heavy atom. The third-order valence-electron chi connectivity index (χ3n) is 4.05. The van der Waals surface area contributed by atoms with Gasteiger partial charge in [-0.25, -0.2) is 0 Å². The summed E-state index contributed by atoms with van der Waals surface area (Å²) >= 11 is 3.53. The molecule has 0 spiro atoms. The second-order valence-corrected chi connectivity index (χ2v) is 6.65. The van der Waals surface area contributed by atoms with E-state index >= 15 is 0 Å². The number of aromatic nitrogens is 2. The van der Waals surface area contributed by atoms with Crippen molar-refractivity contribution in [2.45, 2.75) is 0 Å². The Balaban J connectivity index is 1.92. The van der Waals surface area contributed by atoms with Crippen LogP contribution in [0.2, 0.25) is 0 Å². The summed E-state index contributed by atoms with van der Waals surface area (Å²) in [4.78, 5) is 0. The Morgan fingerprint density at radius 2 is 1.20 bits per heavy atom. The minimum absolute atomic E-state index is 0.861. The first-order valence-corrected chi connectivity index (χ1v) is 8.85. The van der Waals surface area contributed by atoms with Crippen molar-refractivity contribution in [1.82, 2.24) is 10.2 Å². The molecule has 3 aromatic carbocycles. The third kappa shape index (κ3) is 3.37. The molecule has 0 unspecified atom stereocenters. The van der Waals surface area contributed by atoms with Gasteiger partial charge in [-0.15, -0.1) is 10.2 Å². The quantitative estimate of drug-likeness (QED) is 0.416. The van der Waals surface area contributed by atoms with E-state index in [9.17, 15) is 0 Å². The fraction of sp³-hybridized carbons (Fsp3) is 0. The van der Waals surface area contributed by atoms with Crippen LogP contribution in [0.15, 0.2) is 95.5 Å². The molecule has 0 fully saturated rings. The highest BCUT2D eigenvalue weighted by Crippen LogP contribution is 2.33. The maximum atomic E-state index is 4.57. The van der Waals surface area contributed by atoms with Crippen molar-refractivity contribution in [3.05, 3.63) is 95.5 Å². The van der Waals surface area contributed by atoms with Crippen molar-refractivity contribution in [2.75, 3.05) is 0 Å². The van der Waals surface area contributed by atoms with Crippen LogP contribution in [0.4, 0.5) is 0 Å². The zero-order valence-electron chi connectivity index (χ0n) is 13.4. The number of hydrogen-bond acceptors (Lipinski definition) is 2. The monoisotopic (exact) mass is 386 g/mol. The number of hydrogen-bond donors (Lipinski definition) is 0. The van der Waals surface area contributed by atoms with Gasteiger partial charge in [-0.05, 0) is 23.8 Å². The molecule has 4 rings (SSSR count). The second kappa shape index (κ2) is 6.99. The van der Waals surface area contributed by atoms with Crippen LogP contribution in [-0.4, -0.2) is 10.2 Å². The second-order valence-electron chi connectivity index (χ2n) is 5.73. The molecule has 120 valence electrons. The molecule has 0 aliphatic heterocycles. The largest absolute Gasteiger partial charge is 0.150 e.